The van der Waals surface area contributed by atoms with Gasteiger partial charge in [0.15, 0.2) is 4.51 Å². The molecule has 1 aromatic rings. The van der Waals surface area contributed by atoms with E-state index in [1.807, 2.05) is 36.4 Å². The predicted molar refractivity (Wildman–Crippen MR) is 67.2 cm³/mol. The Labute approximate surface area is 103 Å². The van der Waals surface area contributed by atoms with Gasteiger partial charge in [-0.15, -0.1) is 0 Å². The summed E-state index contributed by atoms with van der Waals surface area (Å²) in [5, 5.41) is 9.80. The van der Waals surface area contributed by atoms with E-state index in [1.54, 1.807) is 18.2 Å². The minimum Gasteiger partial charge on any atom is -0.385 e. The largest absolute Gasteiger partial charge is 0.385 e. The first-order valence-corrected chi connectivity index (χ1v) is 5.91. The van der Waals surface area contributed by atoms with Crippen LogP contribution in [0.4, 0.5) is 0 Å². The van der Waals surface area contributed by atoms with E-state index in [4.69, 9.17) is 4.74 Å². The Balaban J connectivity index is 2.00. The molecule has 3 heteroatoms. The number of aliphatic hydroxyl groups excluding tert-OH is 1. The van der Waals surface area contributed by atoms with Crippen molar-refractivity contribution in [2.45, 2.75) is 17.2 Å². The second kappa shape index (κ2) is 4.95. The van der Waals surface area contributed by atoms with Crippen LogP contribution in [0.15, 0.2) is 54.6 Å². The monoisotopic (exact) mass is 280 g/mol. The summed E-state index contributed by atoms with van der Waals surface area (Å²) in [6.07, 6.45) is 6.49. The van der Waals surface area contributed by atoms with Gasteiger partial charge in [-0.05, 0) is 27.6 Å². The first-order valence-electron chi connectivity index (χ1n) is 5.11. The number of ether oxygens (including phenoxy) is 1. The van der Waals surface area contributed by atoms with Gasteiger partial charge in [-0.2, -0.15) is 0 Å². The number of rotatable bonds is 3. The second-order valence-electron chi connectivity index (χ2n) is 3.66. The minimum absolute atomic E-state index is 0.460. The number of aliphatic hydroxyl groups is 1. The zero-order valence-electron chi connectivity index (χ0n) is 8.71. The lowest BCUT2D eigenvalue weighted by molar-refractivity contribution is -0.0183. The maximum absolute atomic E-state index is 9.80. The normalized spacial score (nSPS) is 28.2. The highest BCUT2D eigenvalue weighted by molar-refractivity contribution is 9.10. The molecule has 84 valence electrons. The van der Waals surface area contributed by atoms with E-state index < -0.39 is 10.6 Å². The molecule has 0 aliphatic heterocycles. The van der Waals surface area contributed by atoms with Crippen LogP contribution < -0.4 is 0 Å². The second-order valence-corrected chi connectivity index (χ2v) is 4.90. The molecule has 1 N–H and O–H groups in total. The summed E-state index contributed by atoms with van der Waals surface area (Å²) < 4.78 is 4.89. The third kappa shape index (κ3) is 2.61. The van der Waals surface area contributed by atoms with Crippen LogP contribution >= 0.6 is 15.9 Å². The van der Waals surface area contributed by atoms with Crippen molar-refractivity contribution in [3.8, 4) is 0 Å². The Hall–Kier alpha value is -0.900. The molecule has 2 nitrogen and oxygen atoms in total. The summed E-state index contributed by atoms with van der Waals surface area (Å²) in [6.45, 7) is 0.460. The van der Waals surface area contributed by atoms with E-state index in [9.17, 15) is 5.11 Å². The average molecular weight is 281 g/mol. The van der Waals surface area contributed by atoms with Crippen LogP contribution in [-0.4, -0.2) is 15.7 Å². The lowest BCUT2D eigenvalue weighted by atomic mass is 10.1. The molecular weight excluding hydrogens is 268 g/mol. The number of halogens is 1. The third-order valence-electron chi connectivity index (χ3n) is 2.43. The quantitative estimate of drug-likeness (QED) is 0.863. The van der Waals surface area contributed by atoms with Gasteiger partial charge in [0.05, 0.1) is 6.61 Å². The molecular formula is C13H13BrO2. The first kappa shape index (κ1) is 11.6. The van der Waals surface area contributed by atoms with Crippen molar-refractivity contribution in [3.63, 3.8) is 0 Å². The highest BCUT2D eigenvalue weighted by Crippen LogP contribution is 2.30. The Bertz CT molecular complexity index is 400. The predicted octanol–water partition coefficient (Wildman–Crippen LogP) is 2.78. The lowest BCUT2D eigenvalue weighted by Gasteiger charge is -2.29. The molecule has 0 spiro atoms. The van der Waals surface area contributed by atoms with Crippen LogP contribution in [0.2, 0.25) is 0 Å². The van der Waals surface area contributed by atoms with Crippen LogP contribution in [0.5, 0.6) is 0 Å². The average Bonchev–Trinajstić information content (AvgIpc) is 2.32. The molecule has 1 aliphatic rings. The molecule has 1 aromatic carbocycles. The SMILES string of the molecule is OC1C=CC=CC1(Br)OCc1ccccc1. The molecule has 2 atom stereocenters. The van der Waals surface area contributed by atoms with Crippen molar-refractivity contribution in [3.05, 3.63) is 60.2 Å². The molecule has 0 bridgehead atoms. The van der Waals surface area contributed by atoms with Crippen molar-refractivity contribution in [1.29, 1.82) is 0 Å². The van der Waals surface area contributed by atoms with Gasteiger partial charge in [0, 0.05) is 0 Å². The highest BCUT2D eigenvalue weighted by atomic mass is 79.9. The van der Waals surface area contributed by atoms with E-state index in [0.717, 1.165) is 5.56 Å². The van der Waals surface area contributed by atoms with Crippen LogP contribution in [-0.2, 0) is 11.3 Å². The van der Waals surface area contributed by atoms with Crippen LogP contribution in [0.25, 0.3) is 0 Å². The molecule has 0 aromatic heterocycles. The molecule has 0 saturated carbocycles. The van der Waals surface area contributed by atoms with Gasteiger partial charge in [0.2, 0.25) is 0 Å². The van der Waals surface area contributed by atoms with Crippen molar-refractivity contribution in [2.75, 3.05) is 0 Å². The van der Waals surface area contributed by atoms with E-state index in [2.05, 4.69) is 15.9 Å². The lowest BCUT2D eigenvalue weighted by Crippen LogP contribution is -2.36. The van der Waals surface area contributed by atoms with Crippen molar-refractivity contribution < 1.29 is 9.84 Å². The Kier molecular flexibility index (Phi) is 3.59. The van der Waals surface area contributed by atoms with Crippen molar-refractivity contribution in [2.24, 2.45) is 0 Å². The molecule has 0 fully saturated rings. The van der Waals surface area contributed by atoms with Gasteiger partial charge in [-0.3, -0.25) is 0 Å². The molecule has 0 heterocycles. The zero-order chi connectivity index (χ0) is 11.4. The third-order valence-corrected chi connectivity index (χ3v) is 3.40. The fourth-order valence-electron chi connectivity index (χ4n) is 1.49. The topological polar surface area (TPSA) is 29.5 Å². The summed E-state index contributed by atoms with van der Waals surface area (Å²) in [5.41, 5.74) is 1.08. The number of allylic oxidation sites excluding steroid dienone is 2. The van der Waals surface area contributed by atoms with Gasteiger partial charge in [0.1, 0.15) is 6.10 Å². The number of hydrogen-bond acceptors (Lipinski definition) is 2. The number of alkyl halides is 1. The fourth-order valence-corrected chi connectivity index (χ4v) is 1.91. The van der Waals surface area contributed by atoms with Gasteiger partial charge in [-0.25, -0.2) is 0 Å². The van der Waals surface area contributed by atoms with E-state index >= 15 is 0 Å². The van der Waals surface area contributed by atoms with Crippen molar-refractivity contribution in [1.82, 2.24) is 0 Å². The Morgan fingerprint density at radius 3 is 2.69 bits per heavy atom. The zero-order valence-corrected chi connectivity index (χ0v) is 10.3. The smallest absolute Gasteiger partial charge is 0.171 e. The molecule has 0 radical (unpaired) electrons. The summed E-state index contributed by atoms with van der Waals surface area (Å²) in [5.74, 6) is 0. The molecule has 1 aliphatic carbocycles. The maximum Gasteiger partial charge on any atom is 0.171 e. The van der Waals surface area contributed by atoms with Gasteiger partial charge >= 0.3 is 0 Å². The first-order chi connectivity index (χ1) is 7.71. The molecule has 16 heavy (non-hydrogen) atoms. The van der Waals surface area contributed by atoms with Gasteiger partial charge in [-0.1, -0.05) is 48.6 Å². The van der Waals surface area contributed by atoms with Crippen LogP contribution in [0.1, 0.15) is 5.56 Å². The molecule has 2 rings (SSSR count). The summed E-state index contributed by atoms with van der Waals surface area (Å²) in [7, 11) is 0. The van der Waals surface area contributed by atoms with E-state index in [-0.39, 0.29) is 0 Å². The van der Waals surface area contributed by atoms with Crippen LogP contribution in [0, 0.1) is 0 Å². The van der Waals surface area contributed by atoms with E-state index in [0.29, 0.717) is 6.61 Å². The fraction of sp³-hybridized carbons (Fsp3) is 0.231. The number of benzene rings is 1. The molecule has 0 amide bonds. The summed E-state index contributed by atoms with van der Waals surface area (Å²) in [6, 6.07) is 9.88. The highest BCUT2D eigenvalue weighted by Gasteiger charge is 2.33. The standard InChI is InChI=1S/C13H13BrO2/c14-13(9-5-4-8-12(13)15)16-10-11-6-2-1-3-7-11/h1-9,12,15H,10H2. The Morgan fingerprint density at radius 1 is 1.25 bits per heavy atom. The van der Waals surface area contributed by atoms with Crippen molar-refractivity contribution >= 4 is 15.9 Å². The summed E-state index contributed by atoms with van der Waals surface area (Å²) >= 11 is 3.41. The van der Waals surface area contributed by atoms with E-state index in [1.165, 1.54) is 0 Å². The maximum atomic E-state index is 9.80. The van der Waals surface area contributed by atoms with Gasteiger partial charge < -0.3 is 9.84 Å². The summed E-state index contributed by atoms with van der Waals surface area (Å²) in [4.78, 5) is 0. The molecule has 2 unspecified atom stereocenters. The van der Waals surface area contributed by atoms with Gasteiger partial charge in [0.25, 0.3) is 0 Å². The molecule has 0 saturated heterocycles. The number of hydrogen-bond donors (Lipinski definition) is 1. The minimum atomic E-state index is -0.808. The van der Waals surface area contributed by atoms with Crippen LogP contribution in [0.3, 0.4) is 0 Å². The Morgan fingerprint density at radius 2 is 2.00 bits per heavy atom.